The first-order valence-electron chi connectivity index (χ1n) is 11.5. The molecule has 12 heteroatoms. The minimum atomic E-state index is -1.71. The number of aromatic hydroxyl groups is 2. The van der Waals surface area contributed by atoms with Gasteiger partial charge in [-0.1, -0.05) is 6.08 Å². The molecule has 0 spiro atoms. The zero-order chi connectivity index (χ0) is 27.6. The van der Waals surface area contributed by atoms with E-state index < -0.39 is 54.5 Å². The van der Waals surface area contributed by atoms with Gasteiger partial charge in [0, 0.05) is 29.8 Å². The quantitative estimate of drug-likeness (QED) is 0.217. The zero-order valence-corrected chi connectivity index (χ0v) is 20.3. The predicted octanol–water partition coefficient (Wildman–Crippen LogP) is 1.19. The summed E-state index contributed by atoms with van der Waals surface area (Å²) in [6, 6.07) is 7.86. The van der Waals surface area contributed by atoms with Gasteiger partial charge >= 0.3 is 5.97 Å². The summed E-state index contributed by atoms with van der Waals surface area (Å²) in [6.45, 7) is 1.17. The topological polar surface area (TPSA) is 185 Å². The van der Waals surface area contributed by atoms with Gasteiger partial charge in [0.05, 0.1) is 7.11 Å². The number of phenolic OH excluding ortho intramolecular Hbond substituents is 2. The van der Waals surface area contributed by atoms with Crippen LogP contribution in [0.25, 0.3) is 22.3 Å². The molecule has 4 rings (SSSR count). The first kappa shape index (κ1) is 26.9. The standard InChI is InChI=1S/C26H26O12/c1-3-4-21(30)35-11-20-23(31)24(32)25(33)26(38-20)36-13-8-15(28)22-16(29)10-17(37-19(22)9-13)12-5-6-14(27)18(7-12)34-2/h3-10,20,23-28,31-33H,11H2,1-2H3/t20-,23-,24+,25-,26-/m1/s1. The van der Waals surface area contributed by atoms with Gasteiger partial charge in [-0.3, -0.25) is 4.79 Å². The number of carbonyl (C=O) groups excluding carboxylic acids is 1. The Morgan fingerprint density at radius 2 is 1.79 bits per heavy atom. The number of aliphatic hydroxyl groups is 3. The maximum absolute atomic E-state index is 12.8. The van der Waals surface area contributed by atoms with Crippen molar-refractivity contribution in [1.82, 2.24) is 0 Å². The van der Waals surface area contributed by atoms with E-state index in [1.54, 1.807) is 6.92 Å². The summed E-state index contributed by atoms with van der Waals surface area (Å²) in [4.78, 5) is 24.4. The van der Waals surface area contributed by atoms with Gasteiger partial charge in [0.1, 0.15) is 59.3 Å². The molecule has 2 heterocycles. The Bertz CT molecular complexity index is 1410. The number of fused-ring (bicyclic) bond motifs is 1. The van der Waals surface area contributed by atoms with Crippen molar-refractivity contribution >= 4 is 16.9 Å². The van der Waals surface area contributed by atoms with E-state index in [4.69, 9.17) is 23.4 Å². The molecule has 5 N–H and O–H groups in total. The van der Waals surface area contributed by atoms with Gasteiger partial charge in [0.2, 0.25) is 6.29 Å². The number of esters is 1. The number of methoxy groups -OCH3 is 1. The van der Waals surface area contributed by atoms with Crippen LogP contribution in [-0.2, 0) is 14.3 Å². The van der Waals surface area contributed by atoms with Gasteiger partial charge in [-0.05, 0) is 25.1 Å². The van der Waals surface area contributed by atoms with Crippen molar-refractivity contribution in [3.63, 3.8) is 0 Å². The van der Waals surface area contributed by atoms with E-state index in [1.165, 1.54) is 43.5 Å². The van der Waals surface area contributed by atoms with E-state index >= 15 is 0 Å². The van der Waals surface area contributed by atoms with Gasteiger partial charge in [-0.15, -0.1) is 0 Å². The zero-order valence-electron chi connectivity index (χ0n) is 20.3. The lowest BCUT2D eigenvalue weighted by molar-refractivity contribution is -0.278. The molecule has 0 saturated carbocycles. The van der Waals surface area contributed by atoms with E-state index in [0.717, 1.165) is 12.1 Å². The van der Waals surface area contributed by atoms with E-state index in [1.807, 2.05) is 0 Å². The Balaban J connectivity index is 1.63. The molecule has 2 aromatic carbocycles. The minimum Gasteiger partial charge on any atom is -0.507 e. The molecule has 1 aliphatic rings. The number of hydrogen-bond acceptors (Lipinski definition) is 12. The van der Waals surface area contributed by atoms with Crippen LogP contribution in [0.1, 0.15) is 6.92 Å². The van der Waals surface area contributed by atoms with E-state index in [0.29, 0.717) is 5.56 Å². The molecular weight excluding hydrogens is 504 g/mol. The van der Waals surface area contributed by atoms with Crippen LogP contribution in [0.4, 0.5) is 0 Å². The summed E-state index contributed by atoms with van der Waals surface area (Å²) in [5.41, 5.74) is -0.229. The van der Waals surface area contributed by atoms with Gasteiger partial charge < -0.3 is 48.9 Å². The van der Waals surface area contributed by atoms with Crippen molar-refractivity contribution < 1.29 is 53.7 Å². The van der Waals surface area contributed by atoms with E-state index in [9.17, 15) is 35.1 Å². The second-order valence-corrected chi connectivity index (χ2v) is 8.44. The van der Waals surface area contributed by atoms with Crippen LogP contribution in [0.3, 0.4) is 0 Å². The van der Waals surface area contributed by atoms with Crippen LogP contribution >= 0.6 is 0 Å². The van der Waals surface area contributed by atoms with Crippen molar-refractivity contribution in [3.8, 4) is 34.3 Å². The Morgan fingerprint density at radius 1 is 1.03 bits per heavy atom. The third kappa shape index (κ3) is 5.43. The van der Waals surface area contributed by atoms with Crippen LogP contribution < -0.4 is 14.9 Å². The molecule has 1 aromatic heterocycles. The van der Waals surface area contributed by atoms with Crippen LogP contribution in [0.15, 0.2) is 57.8 Å². The largest absolute Gasteiger partial charge is 0.507 e. The molecule has 5 atom stereocenters. The number of ether oxygens (including phenoxy) is 4. The molecular formula is C26H26O12. The number of aliphatic hydroxyl groups excluding tert-OH is 3. The van der Waals surface area contributed by atoms with Crippen LogP contribution in [0.5, 0.6) is 23.0 Å². The number of rotatable bonds is 7. The average molecular weight is 530 g/mol. The molecule has 38 heavy (non-hydrogen) atoms. The summed E-state index contributed by atoms with van der Waals surface area (Å²) >= 11 is 0. The number of carbonyl (C=O) groups is 1. The fourth-order valence-corrected chi connectivity index (χ4v) is 3.92. The maximum Gasteiger partial charge on any atom is 0.330 e. The van der Waals surface area contributed by atoms with Crippen molar-refractivity contribution in [1.29, 1.82) is 0 Å². The van der Waals surface area contributed by atoms with Crippen LogP contribution in [-0.4, -0.2) is 75.9 Å². The van der Waals surface area contributed by atoms with Gasteiger partial charge in [0.25, 0.3) is 0 Å². The first-order chi connectivity index (χ1) is 18.1. The maximum atomic E-state index is 12.8. The number of hydrogen-bond donors (Lipinski definition) is 5. The summed E-state index contributed by atoms with van der Waals surface area (Å²) in [5.74, 6) is -1.13. The molecule has 0 aliphatic carbocycles. The molecule has 1 saturated heterocycles. The lowest BCUT2D eigenvalue weighted by atomic mass is 9.99. The normalized spacial score (nSPS) is 23.4. The van der Waals surface area contributed by atoms with Crippen molar-refractivity contribution in [2.24, 2.45) is 0 Å². The first-order valence-corrected chi connectivity index (χ1v) is 11.5. The molecule has 0 radical (unpaired) electrons. The highest BCUT2D eigenvalue weighted by atomic mass is 16.7. The van der Waals surface area contributed by atoms with Crippen molar-refractivity contribution in [2.45, 2.75) is 37.6 Å². The van der Waals surface area contributed by atoms with E-state index in [2.05, 4.69) is 0 Å². The molecule has 0 amide bonds. The lowest BCUT2D eigenvalue weighted by Gasteiger charge is -2.39. The third-order valence-corrected chi connectivity index (χ3v) is 5.86. The second-order valence-electron chi connectivity index (χ2n) is 8.44. The SMILES string of the molecule is CC=CC(=O)OC[C@H]1O[C@@H](Oc2cc(O)c3c(=O)cc(-c4ccc(O)c(OC)c4)oc3c2)[C@H](O)[C@@H](O)[C@@H]1O. The fourth-order valence-electron chi connectivity index (χ4n) is 3.92. The second kappa shape index (κ2) is 11.1. The highest BCUT2D eigenvalue weighted by Gasteiger charge is 2.45. The highest BCUT2D eigenvalue weighted by molar-refractivity contribution is 5.86. The molecule has 3 aromatic rings. The molecule has 1 fully saturated rings. The Labute approximate surface area is 215 Å². The Hall–Kier alpha value is -4.10. The molecule has 12 nitrogen and oxygen atoms in total. The molecule has 1 aliphatic heterocycles. The van der Waals surface area contributed by atoms with Crippen LogP contribution in [0, 0.1) is 0 Å². The number of allylic oxidation sites excluding steroid dienone is 1. The van der Waals surface area contributed by atoms with E-state index in [-0.39, 0.29) is 34.0 Å². The minimum absolute atomic E-state index is 0.0720. The Morgan fingerprint density at radius 3 is 2.50 bits per heavy atom. The highest BCUT2D eigenvalue weighted by Crippen LogP contribution is 2.35. The lowest BCUT2D eigenvalue weighted by Crippen LogP contribution is -2.60. The molecule has 0 unspecified atom stereocenters. The third-order valence-electron chi connectivity index (χ3n) is 5.86. The monoisotopic (exact) mass is 530 g/mol. The average Bonchev–Trinajstić information content (AvgIpc) is 2.88. The van der Waals surface area contributed by atoms with Gasteiger partial charge in [-0.25, -0.2) is 4.79 Å². The summed E-state index contributed by atoms with van der Waals surface area (Å²) in [5, 5.41) is 51.1. The molecule has 0 bridgehead atoms. The van der Waals surface area contributed by atoms with Gasteiger partial charge in [0.15, 0.2) is 16.9 Å². The predicted molar refractivity (Wildman–Crippen MR) is 131 cm³/mol. The van der Waals surface area contributed by atoms with Crippen LogP contribution in [0.2, 0.25) is 0 Å². The summed E-state index contributed by atoms with van der Waals surface area (Å²) in [7, 11) is 1.37. The summed E-state index contributed by atoms with van der Waals surface area (Å²) in [6.07, 6.45) is -5.18. The fraction of sp³-hybridized carbons (Fsp3) is 0.308. The smallest absolute Gasteiger partial charge is 0.330 e. The summed E-state index contributed by atoms with van der Waals surface area (Å²) < 4.78 is 27.0. The number of benzene rings is 2. The van der Waals surface area contributed by atoms with Gasteiger partial charge in [-0.2, -0.15) is 0 Å². The Kier molecular flexibility index (Phi) is 7.88. The van der Waals surface area contributed by atoms with Crippen molar-refractivity contribution in [3.05, 3.63) is 58.8 Å². The van der Waals surface area contributed by atoms with Crippen molar-refractivity contribution in [2.75, 3.05) is 13.7 Å². The number of phenols is 2. The molecule has 202 valence electrons.